The van der Waals surface area contributed by atoms with E-state index in [9.17, 15) is 8.42 Å². The molecule has 0 unspecified atom stereocenters. The van der Waals surface area contributed by atoms with Gasteiger partial charge in [-0.25, -0.2) is 8.42 Å². The Morgan fingerprint density at radius 1 is 0.870 bits per heavy atom. The quantitative estimate of drug-likeness (QED) is 0.870. The van der Waals surface area contributed by atoms with Gasteiger partial charge in [0.1, 0.15) is 0 Å². The minimum atomic E-state index is -3.20. The third kappa shape index (κ3) is 8.59. The molecule has 0 aliphatic rings. The molecule has 0 radical (unpaired) electrons. The van der Waals surface area contributed by atoms with E-state index in [1.54, 1.807) is 48.5 Å². The van der Waals surface area contributed by atoms with Crippen LogP contribution in [-0.2, 0) is 26.1 Å². The van der Waals surface area contributed by atoms with E-state index in [1.807, 2.05) is 0 Å². The van der Waals surface area contributed by atoms with Crippen LogP contribution in [0.3, 0.4) is 0 Å². The van der Waals surface area contributed by atoms with Crippen LogP contribution < -0.4 is 0 Å². The van der Waals surface area contributed by atoms with Crippen molar-refractivity contribution in [1.82, 2.24) is 0 Å². The Kier molecular flexibility index (Phi) is 7.55. The highest BCUT2D eigenvalue weighted by atomic mass is 35.5. The van der Waals surface area contributed by atoms with Crippen molar-refractivity contribution < 1.29 is 18.3 Å². The summed E-state index contributed by atoms with van der Waals surface area (Å²) in [6, 6.07) is 13.7. The van der Waals surface area contributed by atoms with Gasteiger partial charge < -0.3 is 5.11 Å². The van der Waals surface area contributed by atoms with Crippen molar-refractivity contribution in [1.29, 1.82) is 0 Å². The Balaban J connectivity index is 0.000000593. The standard InChI is InChI=1S/C14H12Cl2O2S.C2H4O2/c15-13-5-1-11(2-6-13)9-19(17,18)10-12-3-7-14(16)8-4-12;1-2(3)4/h1-8H,9-10H2;1H3,(H,3,4). The summed E-state index contributed by atoms with van der Waals surface area (Å²) in [4.78, 5) is 9.00. The molecule has 0 amide bonds. The van der Waals surface area contributed by atoms with Gasteiger partial charge in [0, 0.05) is 17.0 Å². The summed E-state index contributed by atoms with van der Waals surface area (Å²) in [5, 5.41) is 8.61. The van der Waals surface area contributed by atoms with Gasteiger partial charge in [0.25, 0.3) is 5.97 Å². The number of sulfone groups is 1. The van der Waals surface area contributed by atoms with Gasteiger partial charge in [-0.15, -0.1) is 0 Å². The molecule has 7 heteroatoms. The largest absolute Gasteiger partial charge is 0.481 e. The lowest BCUT2D eigenvalue weighted by atomic mass is 10.2. The van der Waals surface area contributed by atoms with E-state index in [4.69, 9.17) is 33.1 Å². The van der Waals surface area contributed by atoms with Gasteiger partial charge >= 0.3 is 0 Å². The molecule has 23 heavy (non-hydrogen) atoms. The molecule has 0 spiro atoms. The summed E-state index contributed by atoms with van der Waals surface area (Å²) in [6.07, 6.45) is 0. The highest BCUT2D eigenvalue weighted by molar-refractivity contribution is 7.89. The van der Waals surface area contributed by atoms with Crippen LogP contribution in [0.2, 0.25) is 10.0 Å². The number of carbonyl (C=O) groups is 1. The summed E-state index contributed by atoms with van der Waals surface area (Å²) >= 11 is 11.5. The molecule has 0 aliphatic heterocycles. The van der Waals surface area contributed by atoms with Gasteiger partial charge in [-0.3, -0.25) is 4.79 Å². The van der Waals surface area contributed by atoms with E-state index in [1.165, 1.54) is 0 Å². The number of hydrogen-bond donors (Lipinski definition) is 1. The lowest BCUT2D eigenvalue weighted by Crippen LogP contribution is -2.07. The maximum absolute atomic E-state index is 12.1. The second-order valence-corrected chi connectivity index (χ2v) is 7.74. The average Bonchev–Trinajstić information content (AvgIpc) is 2.43. The van der Waals surface area contributed by atoms with Gasteiger partial charge in [0.2, 0.25) is 0 Å². The first-order valence-corrected chi connectivity index (χ1v) is 9.14. The van der Waals surface area contributed by atoms with Crippen molar-refractivity contribution in [3.63, 3.8) is 0 Å². The minimum Gasteiger partial charge on any atom is -0.481 e. The molecule has 0 atom stereocenters. The van der Waals surface area contributed by atoms with Crippen LogP contribution in [0.1, 0.15) is 18.1 Å². The van der Waals surface area contributed by atoms with Crippen molar-refractivity contribution >= 4 is 39.0 Å². The Hall–Kier alpha value is -1.56. The second kappa shape index (κ2) is 8.91. The zero-order valence-corrected chi connectivity index (χ0v) is 14.7. The summed E-state index contributed by atoms with van der Waals surface area (Å²) < 4.78 is 24.1. The molecule has 0 fully saturated rings. The molecule has 0 bridgehead atoms. The Bertz CT molecular complexity index is 681. The van der Waals surface area contributed by atoms with Crippen LogP contribution in [0.4, 0.5) is 0 Å². The van der Waals surface area contributed by atoms with Gasteiger partial charge in [0.05, 0.1) is 11.5 Å². The number of carboxylic acids is 1. The van der Waals surface area contributed by atoms with E-state index in [2.05, 4.69) is 0 Å². The fourth-order valence-corrected chi connectivity index (χ4v) is 3.47. The van der Waals surface area contributed by atoms with Crippen LogP contribution in [-0.4, -0.2) is 19.5 Å². The summed E-state index contributed by atoms with van der Waals surface area (Å²) in [5.74, 6) is -0.820. The van der Waals surface area contributed by atoms with E-state index >= 15 is 0 Å². The van der Waals surface area contributed by atoms with Crippen molar-refractivity contribution in [2.75, 3.05) is 0 Å². The van der Waals surface area contributed by atoms with E-state index in [0.717, 1.165) is 18.1 Å². The second-order valence-electron chi connectivity index (χ2n) is 4.80. The highest BCUT2D eigenvalue weighted by Gasteiger charge is 2.13. The molecule has 0 saturated carbocycles. The molecule has 4 nitrogen and oxygen atoms in total. The number of aliphatic carboxylic acids is 1. The number of halogens is 2. The Morgan fingerprint density at radius 3 is 1.39 bits per heavy atom. The molecule has 2 rings (SSSR count). The van der Waals surface area contributed by atoms with Gasteiger partial charge in [-0.2, -0.15) is 0 Å². The van der Waals surface area contributed by atoms with Crippen LogP contribution >= 0.6 is 23.2 Å². The predicted octanol–water partition coefficient (Wildman–Crippen LogP) is 4.20. The fourth-order valence-electron chi connectivity index (χ4n) is 1.72. The summed E-state index contributed by atoms with van der Waals surface area (Å²) in [5.41, 5.74) is 1.47. The zero-order valence-electron chi connectivity index (χ0n) is 12.4. The van der Waals surface area contributed by atoms with E-state index in [-0.39, 0.29) is 11.5 Å². The topological polar surface area (TPSA) is 71.4 Å². The number of hydrogen-bond acceptors (Lipinski definition) is 3. The monoisotopic (exact) mass is 374 g/mol. The Morgan fingerprint density at radius 2 is 1.13 bits per heavy atom. The molecular formula is C16H16Cl2O4S. The number of rotatable bonds is 4. The maximum atomic E-state index is 12.1. The molecular weight excluding hydrogens is 359 g/mol. The zero-order chi connectivity index (χ0) is 17.5. The van der Waals surface area contributed by atoms with Crippen LogP contribution in [0.15, 0.2) is 48.5 Å². The molecule has 0 heterocycles. The first-order valence-electron chi connectivity index (χ1n) is 6.57. The maximum Gasteiger partial charge on any atom is 0.300 e. The van der Waals surface area contributed by atoms with Gasteiger partial charge in [-0.05, 0) is 35.4 Å². The first kappa shape index (κ1) is 19.5. The van der Waals surface area contributed by atoms with Crippen LogP contribution in [0.25, 0.3) is 0 Å². The van der Waals surface area contributed by atoms with Gasteiger partial charge in [-0.1, -0.05) is 47.5 Å². The molecule has 0 aliphatic carbocycles. The third-order valence-electron chi connectivity index (χ3n) is 2.60. The van der Waals surface area contributed by atoms with Crippen LogP contribution in [0, 0.1) is 0 Å². The molecule has 0 saturated heterocycles. The van der Waals surface area contributed by atoms with Crippen molar-refractivity contribution in [2.24, 2.45) is 0 Å². The lowest BCUT2D eigenvalue weighted by Gasteiger charge is -2.05. The molecule has 1 N–H and O–H groups in total. The van der Waals surface area contributed by atoms with Gasteiger partial charge in [0.15, 0.2) is 9.84 Å². The van der Waals surface area contributed by atoms with E-state index < -0.39 is 15.8 Å². The summed E-state index contributed by atoms with van der Waals surface area (Å²) in [6.45, 7) is 1.08. The third-order valence-corrected chi connectivity index (χ3v) is 4.65. The fraction of sp³-hybridized carbons (Fsp3) is 0.188. The van der Waals surface area contributed by atoms with Crippen LogP contribution in [0.5, 0.6) is 0 Å². The van der Waals surface area contributed by atoms with E-state index in [0.29, 0.717) is 10.0 Å². The summed E-state index contributed by atoms with van der Waals surface area (Å²) in [7, 11) is -3.20. The SMILES string of the molecule is CC(=O)O.O=S(=O)(Cc1ccc(Cl)cc1)Cc1ccc(Cl)cc1. The molecule has 2 aromatic carbocycles. The number of benzene rings is 2. The normalized spacial score (nSPS) is 10.6. The average molecular weight is 375 g/mol. The first-order chi connectivity index (χ1) is 10.7. The predicted molar refractivity (Wildman–Crippen MR) is 92.5 cm³/mol. The smallest absolute Gasteiger partial charge is 0.300 e. The van der Waals surface area contributed by atoms with Crippen molar-refractivity contribution in [2.45, 2.75) is 18.4 Å². The van der Waals surface area contributed by atoms with Crippen molar-refractivity contribution in [3.05, 3.63) is 69.7 Å². The molecule has 124 valence electrons. The van der Waals surface area contributed by atoms with Crippen molar-refractivity contribution in [3.8, 4) is 0 Å². The molecule has 0 aromatic heterocycles. The number of carboxylic acid groups (broad SMARTS) is 1. The highest BCUT2D eigenvalue weighted by Crippen LogP contribution is 2.16. The molecule has 2 aromatic rings. The lowest BCUT2D eigenvalue weighted by molar-refractivity contribution is -0.134. The Labute approximate surface area is 145 Å². The minimum absolute atomic E-state index is 0.00674.